The molecule has 0 radical (unpaired) electrons. The molecule has 0 fully saturated rings. The molecule has 0 aliphatic rings. The molecule has 0 saturated heterocycles. The quantitative estimate of drug-likeness (QED) is 0.313. The molecule has 164 valence electrons. The molecule has 0 amide bonds. The van der Waals surface area contributed by atoms with Gasteiger partial charge in [-0.3, -0.25) is 4.79 Å². The minimum absolute atomic E-state index is 0.0711. The van der Waals surface area contributed by atoms with Crippen molar-refractivity contribution in [2.24, 2.45) is 0 Å². The van der Waals surface area contributed by atoms with Crippen LogP contribution < -0.4 is 4.74 Å². The number of aromatic hydroxyl groups is 3. The highest BCUT2D eigenvalue weighted by atomic mass is 16.5. The van der Waals surface area contributed by atoms with Crippen LogP contribution in [0.1, 0.15) is 54.1 Å². The second-order valence-corrected chi connectivity index (χ2v) is 7.20. The molecule has 0 aliphatic carbocycles. The van der Waals surface area contributed by atoms with E-state index < -0.39 is 0 Å². The molecule has 0 bridgehead atoms. The third-order valence-electron chi connectivity index (χ3n) is 4.85. The molecule has 0 aliphatic heterocycles. The van der Waals surface area contributed by atoms with Gasteiger partial charge in [0.1, 0.15) is 23.0 Å². The predicted octanol–water partition coefficient (Wildman–Crippen LogP) is 5.85. The van der Waals surface area contributed by atoms with Gasteiger partial charge in [0.05, 0.1) is 12.7 Å². The molecule has 0 spiro atoms. The normalized spacial score (nSPS) is 10.1. The fraction of sp³-hybridized carbons (Fsp3) is 0.269. The number of methoxy groups -OCH3 is 1. The fourth-order valence-electron chi connectivity index (χ4n) is 3.08. The zero-order valence-corrected chi connectivity index (χ0v) is 18.0. The van der Waals surface area contributed by atoms with Gasteiger partial charge in [0.15, 0.2) is 5.78 Å². The summed E-state index contributed by atoms with van der Waals surface area (Å²) in [5.41, 5.74) is 1.75. The number of benzene rings is 3. The van der Waals surface area contributed by atoms with Crippen molar-refractivity contribution in [3.05, 3.63) is 83.4 Å². The standard InChI is InChI=1S/C14H12O3.C12H18O2/c1-17-11-7-8-12(13(15)9-11)14(16)10-5-3-2-4-6-10;1-2-3-4-5-6-10-7-8-11(13)9-12(10)14/h2-9,15H,1H3;7-9,13-14H,2-6H2,1H3. The van der Waals surface area contributed by atoms with E-state index in [0.29, 0.717) is 11.3 Å². The van der Waals surface area contributed by atoms with Gasteiger partial charge >= 0.3 is 0 Å². The molecule has 3 rings (SSSR count). The van der Waals surface area contributed by atoms with Crippen molar-refractivity contribution < 1.29 is 24.9 Å². The molecule has 0 saturated carbocycles. The monoisotopic (exact) mass is 422 g/mol. The lowest BCUT2D eigenvalue weighted by Crippen LogP contribution is -2.01. The lowest BCUT2D eigenvalue weighted by atomic mass is 10.0. The van der Waals surface area contributed by atoms with Crippen LogP contribution in [-0.2, 0) is 6.42 Å². The van der Waals surface area contributed by atoms with Crippen molar-refractivity contribution in [2.45, 2.75) is 39.0 Å². The van der Waals surface area contributed by atoms with Crippen LogP contribution in [0.25, 0.3) is 0 Å². The highest BCUT2D eigenvalue weighted by Crippen LogP contribution is 2.26. The molecule has 0 atom stereocenters. The van der Waals surface area contributed by atoms with Crippen LogP contribution >= 0.6 is 0 Å². The van der Waals surface area contributed by atoms with Crippen molar-refractivity contribution in [1.29, 1.82) is 0 Å². The Bertz CT molecular complexity index is 967. The fourth-order valence-corrected chi connectivity index (χ4v) is 3.08. The van der Waals surface area contributed by atoms with Gasteiger partial charge in [-0.05, 0) is 36.6 Å². The van der Waals surface area contributed by atoms with Crippen LogP contribution in [0.4, 0.5) is 0 Å². The topological polar surface area (TPSA) is 87.0 Å². The Kier molecular flexibility index (Phi) is 9.43. The lowest BCUT2D eigenvalue weighted by Gasteiger charge is -2.06. The summed E-state index contributed by atoms with van der Waals surface area (Å²) in [6.07, 6.45) is 5.68. The van der Waals surface area contributed by atoms with Crippen LogP contribution in [0.3, 0.4) is 0 Å². The second kappa shape index (κ2) is 12.3. The van der Waals surface area contributed by atoms with Gasteiger partial charge in [-0.25, -0.2) is 0 Å². The molecule has 5 nitrogen and oxygen atoms in total. The zero-order chi connectivity index (χ0) is 22.6. The van der Waals surface area contributed by atoms with Gasteiger partial charge in [-0.1, -0.05) is 62.6 Å². The first-order valence-electron chi connectivity index (χ1n) is 10.4. The molecule has 3 aromatic carbocycles. The van der Waals surface area contributed by atoms with Gasteiger partial charge in [0.2, 0.25) is 0 Å². The van der Waals surface area contributed by atoms with E-state index in [2.05, 4.69) is 6.92 Å². The Morgan fingerprint density at radius 3 is 2.19 bits per heavy atom. The average Bonchev–Trinajstić information content (AvgIpc) is 2.78. The van der Waals surface area contributed by atoms with Crippen LogP contribution in [0.2, 0.25) is 0 Å². The molecule has 0 heterocycles. The first-order chi connectivity index (χ1) is 15.0. The number of phenolic OH excluding ortho intramolecular Hbond substituents is 3. The number of carbonyl (C=O) groups excluding carboxylic acids is 1. The summed E-state index contributed by atoms with van der Waals surface area (Å²) in [6.45, 7) is 2.18. The summed E-state index contributed by atoms with van der Waals surface area (Å²) < 4.78 is 4.96. The van der Waals surface area contributed by atoms with E-state index in [1.54, 1.807) is 48.5 Å². The van der Waals surface area contributed by atoms with Crippen molar-refractivity contribution >= 4 is 5.78 Å². The van der Waals surface area contributed by atoms with E-state index in [4.69, 9.17) is 9.84 Å². The summed E-state index contributed by atoms with van der Waals surface area (Å²) in [5, 5.41) is 28.3. The van der Waals surface area contributed by atoms with Crippen molar-refractivity contribution in [1.82, 2.24) is 0 Å². The summed E-state index contributed by atoms with van der Waals surface area (Å²) in [5.74, 6) is 0.581. The largest absolute Gasteiger partial charge is 0.508 e. The Morgan fingerprint density at radius 2 is 1.58 bits per heavy atom. The van der Waals surface area contributed by atoms with Crippen molar-refractivity contribution in [3.8, 4) is 23.0 Å². The number of ketones is 1. The summed E-state index contributed by atoms with van der Waals surface area (Å²) in [4.78, 5) is 12.1. The third-order valence-corrected chi connectivity index (χ3v) is 4.85. The van der Waals surface area contributed by atoms with E-state index in [0.717, 1.165) is 18.4 Å². The van der Waals surface area contributed by atoms with Gasteiger partial charge in [0, 0.05) is 17.7 Å². The summed E-state index contributed by atoms with van der Waals surface area (Å²) in [6, 6.07) is 18.3. The minimum atomic E-state index is -0.203. The van der Waals surface area contributed by atoms with Gasteiger partial charge < -0.3 is 20.1 Å². The molecule has 0 aromatic heterocycles. The van der Waals surface area contributed by atoms with Crippen LogP contribution in [0.15, 0.2) is 66.7 Å². The van der Waals surface area contributed by atoms with Crippen molar-refractivity contribution in [3.63, 3.8) is 0 Å². The Hall–Kier alpha value is -3.47. The summed E-state index contributed by atoms with van der Waals surface area (Å²) in [7, 11) is 1.51. The number of carbonyl (C=O) groups is 1. The minimum Gasteiger partial charge on any atom is -0.508 e. The second-order valence-electron chi connectivity index (χ2n) is 7.20. The number of ether oxygens (including phenoxy) is 1. The number of hydrogen-bond acceptors (Lipinski definition) is 5. The third kappa shape index (κ3) is 7.37. The molecule has 0 unspecified atom stereocenters. The van der Waals surface area contributed by atoms with Crippen molar-refractivity contribution in [2.75, 3.05) is 7.11 Å². The first kappa shape index (κ1) is 23.8. The smallest absolute Gasteiger partial charge is 0.196 e. The van der Waals surface area contributed by atoms with Crippen LogP contribution in [0.5, 0.6) is 23.0 Å². The predicted molar refractivity (Wildman–Crippen MR) is 122 cm³/mol. The molecular formula is C26H30O5. The molecule has 3 aromatic rings. The number of aryl methyl sites for hydroxylation is 1. The SMILES string of the molecule is CCCCCCc1ccc(O)cc1O.COc1ccc(C(=O)c2ccccc2)c(O)c1. The van der Waals surface area contributed by atoms with Gasteiger partial charge in [-0.2, -0.15) is 0 Å². The lowest BCUT2D eigenvalue weighted by molar-refractivity contribution is 0.103. The van der Waals surface area contributed by atoms with E-state index in [1.165, 1.54) is 38.5 Å². The van der Waals surface area contributed by atoms with Crippen LogP contribution in [-0.4, -0.2) is 28.2 Å². The number of rotatable bonds is 8. The maximum absolute atomic E-state index is 12.1. The number of hydrogen-bond donors (Lipinski definition) is 3. The molecule has 31 heavy (non-hydrogen) atoms. The molecule has 3 N–H and O–H groups in total. The first-order valence-corrected chi connectivity index (χ1v) is 10.4. The Morgan fingerprint density at radius 1 is 0.839 bits per heavy atom. The average molecular weight is 423 g/mol. The highest BCUT2D eigenvalue weighted by molar-refractivity contribution is 6.10. The highest BCUT2D eigenvalue weighted by Gasteiger charge is 2.13. The number of unbranched alkanes of at least 4 members (excludes halogenated alkanes) is 3. The Balaban J connectivity index is 0.000000225. The van der Waals surface area contributed by atoms with E-state index in [1.807, 2.05) is 6.07 Å². The van der Waals surface area contributed by atoms with Gasteiger partial charge in [-0.15, -0.1) is 0 Å². The van der Waals surface area contributed by atoms with Gasteiger partial charge in [0.25, 0.3) is 0 Å². The van der Waals surface area contributed by atoms with Crippen LogP contribution in [0, 0.1) is 0 Å². The summed E-state index contributed by atoms with van der Waals surface area (Å²) >= 11 is 0. The van der Waals surface area contributed by atoms with E-state index >= 15 is 0 Å². The molecule has 5 heteroatoms. The number of phenols is 3. The zero-order valence-electron chi connectivity index (χ0n) is 18.0. The van der Waals surface area contributed by atoms with E-state index in [9.17, 15) is 15.0 Å². The maximum Gasteiger partial charge on any atom is 0.196 e. The van der Waals surface area contributed by atoms with E-state index in [-0.39, 0.29) is 28.6 Å². The molecular weight excluding hydrogens is 392 g/mol. The Labute approximate surface area is 183 Å². The maximum atomic E-state index is 12.1.